The van der Waals surface area contributed by atoms with Crippen LogP contribution in [-0.2, 0) is 0 Å². The van der Waals surface area contributed by atoms with E-state index >= 15 is 0 Å². The normalized spacial score (nSPS) is 11.4. The monoisotopic (exact) mass is 250 g/mol. The highest BCUT2D eigenvalue weighted by molar-refractivity contribution is 5.92. The number of hydrogen-bond donors (Lipinski definition) is 1. The number of fused-ring (bicyclic) bond motifs is 2. The first-order chi connectivity index (χ1) is 9.31. The standard InChI is InChI=1S/C13H10N6/c1-8-15-6-11-10(5-16-12(11)18-8)9-4-17-13-14-2-3-19(13)7-9/h2-7H,1H3,(H,15,16,18). The molecule has 0 unspecified atom stereocenters. The highest BCUT2D eigenvalue weighted by Gasteiger charge is 2.09. The highest BCUT2D eigenvalue weighted by Crippen LogP contribution is 2.26. The van der Waals surface area contributed by atoms with Crippen LogP contribution in [0.5, 0.6) is 0 Å². The molecule has 0 spiro atoms. The van der Waals surface area contributed by atoms with Gasteiger partial charge in [-0.1, -0.05) is 0 Å². The lowest BCUT2D eigenvalue weighted by Crippen LogP contribution is -1.90. The van der Waals surface area contributed by atoms with Crippen LogP contribution in [0.1, 0.15) is 5.82 Å². The number of imidazole rings is 1. The Morgan fingerprint density at radius 3 is 3.05 bits per heavy atom. The van der Waals surface area contributed by atoms with E-state index < -0.39 is 0 Å². The molecule has 0 aliphatic carbocycles. The van der Waals surface area contributed by atoms with Gasteiger partial charge in [0.1, 0.15) is 11.5 Å². The summed E-state index contributed by atoms with van der Waals surface area (Å²) in [5.74, 6) is 1.44. The number of aryl methyl sites for hydroxylation is 1. The van der Waals surface area contributed by atoms with Crippen LogP contribution in [0.15, 0.2) is 37.2 Å². The predicted octanol–water partition coefficient (Wildman–Crippen LogP) is 1.98. The van der Waals surface area contributed by atoms with Crippen LogP contribution in [0, 0.1) is 6.92 Å². The van der Waals surface area contributed by atoms with Gasteiger partial charge in [0, 0.05) is 53.7 Å². The van der Waals surface area contributed by atoms with Gasteiger partial charge in [-0.15, -0.1) is 0 Å². The number of rotatable bonds is 1. The molecule has 4 aromatic rings. The molecule has 0 saturated carbocycles. The second-order valence-corrected chi connectivity index (χ2v) is 4.36. The van der Waals surface area contributed by atoms with Crippen LogP contribution in [-0.4, -0.2) is 29.3 Å². The molecule has 19 heavy (non-hydrogen) atoms. The van der Waals surface area contributed by atoms with E-state index in [-0.39, 0.29) is 0 Å². The molecule has 92 valence electrons. The smallest absolute Gasteiger partial charge is 0.233 e. The SMILES string of the molecule is Cc1ncc2c(-c3cnc4nccn4c3)c[nH]c2n1. The predicted molar refractivity (Wildman–Crippen MR) is 70.6 cm³/mol. The van der Waals surface area contributed by atoms with Gasteiger partial charge in [-0.05, 0) is 6.92 Å². The average molecular weight is 250 g/mol. The van der Waals surface area contributed by atoms with Crippen molar-refractivity contribution in [3.05, 3.63) is 43.0 Å². The summed E-state index contributed by atoms with van der Waals surface area (Å²) >= 11 is 0. The van der Waals surface area contributed by atoms with Crippen LogP contribution in [0.4, 0.5) is 0 Å². The zero-order chi connectivity index (χ0) is 12.8. The van der Waals surface area contributed by atoms with Crippen molar-refractivity contribution in [2.75, 3.05) is 0 Å². The maximum atomic E-state index is 4.37. The van der Waals surface area contributed by atoms with Gasteiger partial charge in [0.2, 0.25) is 5.78 Å². The second kappa shape index (κ2) is 3.61. The molecule has 6 heteroatoms. The minimum atomic E-state index is 0.690. The molecule has 0 saturated heterocycles. The number of nitrogens with one attached hydrogen (secondary N) is 1. The topological polar surface area (TPSA) is 71.8 Å². The summed E-state index contributed by atoms with van der Waals surface area (Å²) in [6.07, 6.45) is 11.2. The van der Waals surface area contributed by atoms with Crippen LogP contribution in [0.3, 0.4) is 0 Å². The maximum absolute atomic E-state index is 4.37. The third kappa shape index (κ3) is 1.50. The molecular formula is C13H10N6. The van der Waals surface area contributed by atoms with Gasteiger partial charge in [0.15, 0.2) is 0 Å². The van der Waals surface area contributed by atoms with Gasteiger partial charge < -0.3 is 4.98 Å². The van der Waals surface area contributed by atoms with E-state index in [0.717, 1.165) is 28.0 Å². The Hall–Kier alpha value is -2.76. The van der Waals surface area contributed by atoms with Crippen molar-refractivity contribution >= 4 is 16.8 Å². The molecule has 6 nitrogen and oxygen atoms in total. The molecule has 0 radical (unpaired) electrons. The Bertz CT molecular complexity index is 888. The van der Waals surface area contributed by atoms with Crippen molar-refractivity contribution in [3.63, 3.8) is 0 Å². The number of aromatic nitrogens is 6. The molecule has 1 N–H and O–H groups in total. The average Bonchev–Trinajstić information content (AvgIpc) is 3.02. The van der Waals surface area contributed by atoms with E-state index in [1.807, 2.05) is 42.3 Å². The Kier molecular flexibility index (Phi) is 1.94. The molecule has 0 aromatic carbocycles. The second-order valence-electron chi connectivity index (χ2n) is 4.36. The zero-order valence-corrected chi connectivity index (χ0v) is 10.2. The molecule has 4 aromatic heterocycles. The Labute approximate surface area is 108 Å². The van der Waals surface area contributed by atoms with Crippen molar-refractivity contribution in [3.8, 4) is 11.1 Å². The fourth-order valence-corrected chi connectivity index (χ4v) is 2.19. The number of nitrogens with zero attached hydrogens (tertiary/aromatic N) is 5. The van der Waals surface area contributed by atoms with Crippen molar-refractivity contribution in [1.29, 1.82) is 0 Å². The van der Waals surface area contributed by atoms with Crippen LogP contribution < -0.4 is 0 Å². The van der Waals surface area contributed by atoms with Gasteiger partial charge in [-0.3, -0.25) is 4.40 Å². The van der Waals surface area contributed by atoms with Gasteiger partial charge in [0.05, 0.1) is 0 Å². The summed E-state index contributed by atoms with van der Waals surface area (Å²) in [5, 5.41) is 0.992. The fourth-order valence-electron chi connectivity index (χ4n) is 2.19. The van der Waals surface area contributed by atoms with Crippen LogP contribution in [0.25, 0.3) is 27.9 Å². The van der Waals surface area contributed by atoms with Gasteiger partial charge in [-0.2, -0.15) is 0 Å². The van der Waals surface area contributed by atoms with E-state index in [2.05, 4.69) is 24.9 Å². The number of hydrogen-bond acceptors (Lipinski definition) is 4. The van der Waals surface area contributed by atoms with E-state index in [0.29, 0.717) is 5.78 Å². The van der Waals surface area contributed by atoms with E-state index in [1.165, 1.54) is 0 Å². The molecule has 4 rings (SSSR count). The molecule has 4 heterocycles. The molecule has 0 amide bonds. The highest BCUT2D eigenvalue weighted by atomic mass is 15.1. The van der Waals surface area contributed by atoms with Gasteiger partial charge >= 0.3 is 0 Å². The van der Waals surface area contributed by atoms with Crippen molar-refractivity contribution in [1.82, 2.24) is 29.3 Å². The number of H-pyrrole nitrogens is 1. The minimum absolute atomic E-state index is 0.690. The van der Waals surface area contributed by atoms with E-state index in [1.54, 1.807) is 6.20 Å². The van der Waals surface area contributed by atoms with Crippen LogP contribution >= 0.6 is 0 Å². The van der Waals surface area contributed by atoms with Crippen molar-refractivity contribution in [2.24, 2.45) is 0 Å². The molecule has 0 aliphatic heterocycles. The quantitative estimate of drug-likeness (QED) is 0.560. The Morgan fingerprint density at radius 2 is 2.11 bits per heavy atom. The lowest BCUT2D eigenvalue weighted by Gasteiger charge is -2.00. The maximum Gasteiger partial charge on any atom is 0.233 e. The first kappa shape index (κ1) is 10.2. The summed E-state index contributed by atoms with van der Waals surface area (Å²) in [6.45, 7) is 1.87. The lowest BCUT2D eigenvalue weighted by molar-refractivity contribution is 1.08. The largest absolute Gasteiger partial charge is 0.345 e. The Morgan fingerprint density at radius 1 is 1.16 bits per heavy atom. The van der Waals surface area contributed by atoms with Crippen LogP contribution in [0.2, 0.25) is 0 Å². The summed E-state index contributed by atoms with van der Waals surface area (Å²) < 4.78 is 1.89. The summed E-state index contributed by atoms with van der Waals surface area (Å²) in [4.78, 5) is 20.2. The van der Waals surface area contributed by atoms with Gasteiger partial charge in [-0.25, -0.2) is 19.9 Å². The van der Waals surface area contributed by atoms with E-state index in [4.69, 9.17) is 0 Å². The fraction of sp³-hybridized carbons (Fsp3) is 0.0769. The van der Waals surface area contributed by atoms with Crippen molar-refractivity contribution < 1.29 is 0 Å². The third-order valence-corrected chi connectivity index (χ3v) is 3.11. The van der Waals surface area contributed by atoms with E-state index in [9.17, 15) is 0 Å². The molecule has 0 atom stereocenters. The minimum Gasteiger partial charge on any atom is -0.345 e. The molecule has 0 bridgehead atoms. The molecule has 0 fully saturated rings. The number of aromatic amines is 1. The third-order valence-electron chi connectivity index (χ3n) is 3.11. The Balaban J connectivity index is 1.97. The first-order valence-electron chi connectivity index (χ1n) is 5.91. The molecule has 0 aliphatic rings. The van der Waals surface area contributed by atoms with Crippen molar-refractivity contribution in [2.45, 2.75) is 6.92 Å². The first-order valence-corrected chi connectivity index (χ1v) is 5.91. The zero-order valence-electron chi connectivity index (χ0n) is 10.2. The summed E-state index contributed by atoms with van der Waals surface area (Å²) in [7, 11) is 0. The molecular weight excluding hydrogens is 240 g/mol. The summed E-state index contributed by atoms with van der Waals surface area (Å²) in [6, 6.07) is 0. The lowest BCUT2D eigenvalue weighted by atomic mass is 10.1. The van der Waals surface area contributed by atoms with Gasteiger partial charge in [0.25, 0.3) is 0 Å². The summed E-state index contributed by atoms with van der Waals surface area (Å²) in [5.41, 5.74) is 2.88.